The van der Waals surface area contributed by atoms with Crippen LogP contribution in [-0.2, 0) is 22.6 Å². The fourth-order valence-electron chi connectivity index (χ4n) is 7.96. The van der Waals surface area contributed by atoms with E-state index in [2.05, 4.69) is 62.5 Å². The Balaban J connectivity index is 0.772. The second kappa shape index (κ2) is 24.5. The number of aromatic hydroxyl groups is 1. The minimum atomic E-state index is -0.685. The highest BCUT2D eigenvalue weighted by atomic mass is 32.2. The van der Waals surface area contributed by atoms with Gasteiger partial charge in [0.1, 0.15) is 33.7 Å². The number of carbonyl (C=O) groups excluding carboxylic acids is 4. The molecule has 21 nitrogen and oxygen atoms in total. The second-order valence-electron chi connectivity index (χ2n) is 17.2. The number of amides is 5. The number of phenolic OH excluding ortho intramolecular Hbond substituents is 1. The van der Waals surface area contributed by atoms with Crippen LogP contribution >= 0.6 is 11.8 Å². The van der Waals surface area contributed by atoms with Gasteiger partial charge in [0.2, 0.25) is 0 Å². The molecule has 3 aliphatic rings. The first-order valence-electron chi connectivity index (χ1n) is 24.4. The maximum atomic E-state index is 13.7. The molecule has 0 saturated carbocycles. The lowest BCUT2D eigenvalue weighted by Crippen LogP contribution is -2.25. The maximum Gasteiger partial charge on any atom is 0.344 e. The van der Waals surface area contributed by atoms with Gasteiger partial charge < -0.3 is 56.9 Å². The zero-order valence-electron chi connectivity index (χ0n) is 41.1. The van der Waals surface area contributed by atoms with E-state index in [-0.39, 0.29) is 52.9 Å². The Hall–Kier alpha value is -9.44. The van der Waals surface area contributed by atoms with E-state index in [1.165, 1.54) is 24.3 Å². The third-order valence-corrected chi connectivity index (χ3v) is 12.6. The number of phenols is 1. The van der Waals surface area contributed by atoms with Gasteiger partial charge in [-0.3, -0.25) is 19.5 Å². The van der Waals surface area contributed by atoms with Crippen LogP contribution in [0.3, 0.4) is 0 Å². The quantitative estimate of drug-likeness (QED) is 0.0275. The number of unbranched alkanes of at least 4 members (excludes halogenated alkanes) is 1. The summed E-state index contributed by atoms with van der Waals surface area (Å²) >= 11 is 1.12. The number of hydrogen-bond acceptors (Lipinski definition) is 16. The number of esters is 1. The molecule has 0 fully saturated rings. The number of aliphatic hydroxyl groups is 1. The molecular weight excluding hydrogens is 991 g/mol. The lowest BCUT2D eigenvalue weighted by atomic mass is 10.1. The molecule has 3 aliphatic heterocycles. The number of rotatable bonds is 19. The molecule has 5 amide bonds. The molecule has 0 atom stereocenters. The Morgan fingerprint density at radius 2 is 1.39 bits per heavy atom. The number of aliphatic hydroxyl groups excluding tert-OH is 1. The summed E-state index contributed by atoms with van der Waals surface area (Å²) in [5.41, 5.74) is 5.14. The normalized spacial score (nSPS) is 14.9. The van der Waals surface area contributed by atoms with Crippen LogP contribution in [0.2, 0.25) is 0 Å². The molecule has 0 radical (unpaired) electrons. The van der Waals surface area contributed by atoms with Gasteiger partial charge in [-0.1, -0.05) is 41.2 Å². The van der Waals surface area contributed by atoms with Crippen LogP contribution < -0.4 is 42.0 Å². The topological polar surface area (TPSA) is 279 Å². The van der Waals surface area contributed by atoms with Crippen molar-refractivity contribution in [1.82, 2.24) is 30.9 Å². The number of carbonyl (C=O) groups is 4. The van der Waals surface area contributed by atoms with Crippen LogP contribution in [0.25, 0.3) is 6.08 Å². The number of para-hydroxylation sites is 1. The van der Waals surface area contributed by atoms with Crippen LogP contribution in [0.5, 0.6) is 11.5 Å². The van der Waals surface area contributed by atoms with Gasteiger partial charge in [0.25, 0.3) is 5.91 Å². The monoisotopic (exact) mass is 1040 g/mol. The SMILES string of the molecule is CCOC(=O)C1=C(O)/C(=C/c2ccc(OCCCCn3cc(CNC(=O)c4cc(NC(=O)Nc5ccc(C6=NCCN6)cc5)cc(NC(=O)Nc5ccc(C6=NCCN6)cc5)c4)nn3)c(O)c2)SC1=Nc1ccccc1. The molecule has 5 aromatic carbocycles. The number of hydrogen-bond donors (Lipinski definition) is 9. The van der Waals surface area contributed by atoms with Crippen molar-refractivity contribution in [1.29, 1.82) is 0 Å². The Kier molecular flexibility index (Phi) is 16.6. The van der Waals surface area contributed by atoms with E-state index in [1.54, 1.807) is 72.4 Å². The number of aryl methyl sites for hydroxylation is 1. The number of amidine groups is 2. The Morgan fingerprint density at radius 1 is 0.763 bits per heavy atom. The van der Waals surface area contributed by atoms with E-state index in [9.17, 15) is 29.4 Å². The third kappa shape index (κ3) is 13.6. The molecule has 76 heavy (non-hydrogen) atoms. The highest BCUT2D eigenvalue weighted by Crippen LogP contribution is 2.41. The number of nitrogens with one attached hydrogen (secondary N) is 7. The van der Waals surface area contributed by atoms with E-state index in [1.807, 2.05) is 42.5 Å². The molecule has 4 heterocycles. The number of urea groups is 2. The summed E-state index contributed by atoms with van der Waals surface area (Å²) in [5, 5.41) is 51.0. The van der Waals surface area contributed by atoms with E-state index in [0.717, 1.165) is 47.6 Å². The van der Waals surface area contributed by atoms with Crippen LogP contribution in [0, 0.1) is 0 Å². The van der Waals surface area contributed by atoms with E-state index < -0.39 is 23.9 Å². The van der Waals surface area contributed by atoms with Crippen molar-refractivity contribution in [2.75, 3.05) is 60.7 Å². The van der Waals surface area contributed by atoms with Gasteiger partial charge in [0.05, 0.1) is 49.6 Å². The zero-order chi connectivity index (χ0) is 52.8. The molecule has 22 heteroatoms. The van der Waals surface area contributed by atoms with Gasteiger partial charge in [-0.05, 0) is 122 Å². The summed E-state index contributed by atoms with van der Waals surface area (Å²) in [6.07, 6.45) is 4.63. The molecule has 0 aliphatic carbocycles. The van der Waals surface area contributed by atoms with Gasteiger partial charge in [-0.2, -0.15) is 0 Å². The highest BCUT2D eigenvalue weighted by molar-refractivity contribution is 8.18. The summed E-state index contributed by atoms with van der Waals surface area (Å²) in [6, 6.07) is 31.8. The fourth-order valence-corrected chi connectivity index (χ4v) is 9.00. The lowest BCUT2D eigenvalue weighted by Gasteiger charge is -2.14. The molecule has 1 aromatic heterocycles. The largest absolute Gasteiger partial charge is 0.506 e. The van der Waals surface area contributed by atoms with Gasteiger partial charge in [-0.25, -0.2) is 19.4 Å². The predicted molar refractivity (Wildman–Crippen MR) is 293 cm³/mol. The van der Waals surface area contributed by atoms with Crippen molar-refractivity contribution in [2.45, 2.75) is 32.9 Å². The first-order chi connectivity index (χ1) is 37.0. The zero-order valence-corrected chi connectivity index (χ0v) is 41.9. The van der Waals surface area contributed by atoms with E-state index in [4.69, 9.17) is 9.47 Å². The molecule has 388 valence electrons. The van der Waals surface area contributed by atoms with Crippen LogP contribution in [0.1, 0.15) is 52.5 Å². The molecule has 0 unspecified atom stereocenters. The van der Waals surface area contributed by atoms with Crippen molar-refractivity contribution < 1.29 is 38.9 Å². The van der Waals surface area contributed by atoms with Gasteiger partial charge >= 0.3 is 18.0 Å². The summed E-state index contributed by atoms with van der Waals surface area (Å²) in [5.74, 6) is 0.327. The van der Waals surface area contributed by atoms with Gasteiger partial charge in [-0.15, -0.1) is 5.10 Å². The highest BCUT2D eigenvalue weighted by Gasteiger charge is 2.33. The van der Waals surface area contributed by atoms with Crippen LogP contribution in [0.15, 0.2) is 153 Å². The van der Waals surface area contributed by atoms with Crippen LogP contribution in [-0.4, -0.2) is 105 Å². The Bertz CT molecular complexity index is 3180. The molecule has 9 rings (SSSR count). The van der Waals surface area contributed by atoms with Crippen LogP contribution in [0.4, 0.5) is 38.0 Å². The maximum absolute atomic E-state index is 13.7. The molecule has 0 saturated heterocycles. The second-order valence-corrected chi connectivity index (χ2v) is 18.2. The molecule has 6 aromatic rings. The first kappa shape index (κ1) is 51.5. The Labute approximate surface area is 440 Å². The number of benzene rings is 5. The first-order valence-corrected chi connectivity index (χ1v) is 25.2. The Morgan fingerprint density at radius 3 is 1.99 bits per heavy atom. The van der Waals surface area contributed by atoms with Crippen molar-refractivity contribution in [3.63, 3.8) is 0 Å². The van der Waals surface area contributed by atoms with E-state index in [0.29, 0.717) is 77.4 Å². The minimum Gasteiger partial charge on any atom is -0.506 e. The van der Waals surface area contributed by atoms with Crippen molar-refractivity contribution in [3.8, 4) is 11.5 Å². The summed E-state index contributed by atoms with van der Waals surface area (Å²) in [6.45, 7) is 5.60. The smallest absolute Gasteiger partial charge is 0.344 e. The molecular formula is C54H53N13O8S. The molecule has 0 spiro atoms. The third-order valence-electron chi connectivity index (χ3n) is 11.6. The fraction of sp³-hybridized carbons (Fsp3) is 0.204. The van der Waals surface area contributed by atoms with Crippen molar-refractivity contribution in [2.24, 2.45) is 15.0 Å². The number of nitrogens with zero attached hydrogens (tertiary/aromatic N) is 6. The predicted octanol–water partition coefficient (Wildman–Crippen LogP) is 7.95. The van der Waals surface area contributed by atoms with Crippen molar-refractivity contribution in [3.05, 3.63) is 166 Å². The standard InChI is InChI=1S/C54H53N13O8S/c1-2-74-52(71)46-47(69)45(76-51(46)60-37-8-4-3-5-9-37)27-33-10-19-44(43(68)26-33)75-25-7-6-24-67-32-42(65-66-67)31-59-50(70)36-28-40(63-53(72)61-38-15-11-34(12-16-38)48-55-20-21-56-48)30-41(29-36)64-54(73)62-39-17-13-35(14-18-39)49-57-22-23-58-49/h3-5,8-19,26-30,32,68-69H,2,6-7,20-25,31H2,1H3,(H,55,56)(H,57,58)(H,59,70)(H2,61,63,72)(H2,62,64,73)/b45-27-,60-51?. The number of thioether (sulfide) groups is 1. The average molecular weight is 1040 g/mol. The summed E-state index contributed by atoms with van der Waals surface area (Å²) in [4.78, 5) is 66.7. The van der Waals surface area contributed by atoms with Gasteiger partial charge in [0, 0.05) is 59.1 Å². The average Bonchev–Trinajstić information content (AvgIpc) is 4.27. The number of anilines is 4. The van der Waals surface area contributed by atoms with E-state index >= 15 is 0 Å². The number of ether oxygens (including phenoxy) is 2. The molecule has 9 N–H and O–H groups in total. The minimum absolute atomic E-state index is 0.0260. The van der Waals surface area contributed by atoms with Crippen molar-refractivity contribution >= 4 is 86.9 Å². The van der Waals surface area contributed by atoms with Gasteiger partial charge in [0.15, 0.2) is 11.5 Å². The summed E-state index contributed by atoms with van der Waals surface area (Å²) < 4.78 is 12.7. The number of aliphatic imine (C=N–C) groups is 3. The number of aromatic nitrogens is 3. The molecule has 0 bridgehead atoms. The summed E-state index contributed by atoms with van der Waals surface area (Å²) in [7, 11) is 0. The lowest BCUT2D eigenvalue weighted by molar-refractivity contribution is -0.138.